The number of carbonyl (C=O) groups is 3. The molecule has 2 N–H and O–H groups in total. The number of amides is 2. The topological polar surface area (TPSA) is 106 Å². The number of thiophene rings is 1. The monoisotopic (exact) mass is 683 g/mol. The van der Waals surface area contributed by atoms with Gasteiger partial charge < -0.3 is 14.3 Å². The predicted octanol–water partition coefficient (Wildman–Crippen LogP) is 9.80. The summed E-state index contributed by atoms with van der Waals surface area (Å²) < 4.78 is 11.9. The Morgan fingerprint density at radius 2 is 1.16 bits per heavy atom. The maximum Gasteiger partial charge on any atom is 0.417 e. The summed E-state index contributed by atoms with van der Waals surface area (Å²) in [6, 6.07) is 37.5. The largest absolute Gasteiger partial charge is 0.417 e. The van der Waals surface area contributed by atoms with E-state index in [2.05, 4.69) is 10.6 Å². The third kappa shape index (κ3) is 7.84. The number of hydroxylamine groups is 2. The third-order valence-electron chi connectivity index (χ3n) is 8.13. The van der Waals surface area contributed by atoms with Crippen LogP contribution in [0.15, 0.2) is 127 Å². The van der Waals surface area contributed by atoms with Gasteiger partial charge >= 0.3 is 12.2 Å². The Bertz CT molecular complexity index is 2110. The summed E-state index contributed by atoms with van der Waals surface area (Å²) in [5.41, 5.74) is 3.03. The van der Waals surface area contributed by atoms with Crippen LogP contribution in [-0.2, 0) is 0 Å². The highest BCUT2D eigenvalue weighted by molar-refractivity contribution is 7.22. The van der Waals surface area contributed by atoms with Crippen molar-refractivity contribution < 1.29 is 28.7 Å². The summed E-state index contributed by atoms with van der Waals surface area (Å²) >= 11 is 1.41. The molecule has 50 heavy (non-hydrogen) atoms. The van der Waals surface area contributed by atoms with E-state index in [0.29, 0.717) is 39.8 Å². The van der Waals surface area contributed by atoms with Crippen LogP contribution in [0.3, 0.4) is 0 Å². The summed E-state index contributed by atoms with van der Waals surface area (Å²) in [7, 11) is 0. The lowest BCUT2D eigenvalue weighted by molar-refractivity contribution is -0.0720. The fourth-order valence-electron chi connectivity index (χ4n) is 5.70. The molecule has 1 fully saturated rings. The van der Waals surface area contributed by atoms with Crippen molar-refractivity contribution >= 4 is 50.8 Å². The first kappa shape index (κ1) is 32.6. The highest BCUT2D eigenvalue weighted by Gasteiger charge is 2.23. The van der Waals surface area contributed by atoms with Crippen LogP contribution in [0.4, 0.5) is 21.0 Å². The lowest BCUT2D eigenvalue weighted by Crippen LogP contribution is -2.32. The molecule has 0 bridgehead atoms. The number of anilines is 2. The van der Waals surface area contributed by atoms with Gasteiger partial charge in [-0.3, -0.25) is 15.4 Å². The second kappa shape index (κ2) is 15.1. The number of rotatable bonds is 9. The molecular weight excluding hydrogens is 651 g/mol. The molecule has 250 valence electrons. The van der Waals surface area contributed by atoms with Gasteiger partial charge in [-0.1, -0.05) is 42.8 Å². The van der Waals surface area contributed by atoms with Crippen molar-refractivity contribution in [3.05, 3.63) is 139 Å². The summed E-state index contributed by atoms with van der Waals surface area (Å²) in [5, 5.41) is 8.10. The van der Waals surface area contributed by atoms with Crippen LogP contribution in [0.25, 0.3) is 20.5 Å². The van der Waals surface area contributed by atoms with E-state index in [1.165, 1.54) is 17.8 Å². The number of ketones is 1. The van der Waals surface area contributed by atoms with Gasteiger partial charge in [-0.25, -0.2) is 9.59 Å². The molecule has 1 saturated heterocycles. The van der Waals surface area contributed by atoms with E-state index in [4.69, 9.17) is 14.3 Å². The molecule has 2 amide bonds. The zero-order valence-electron chi connectivity index (χ0n) is 27.0. The van der Waals surface area contributed by atoms with Gasteiger partial charge in [-0.15, -0.1) is 16.4 Å². The average Bonchev–Trinajstić information content (AvgIpc) is 3.52. The molecule has 0 unspecified atom stereocenters. The number of carbonyl (C=O) groups excluding carboxylic acids is 3. The lowest BCUT2D eigenvalue weighted by Gasteiger charge is -2.26. The number of ether oxygens (including phenoxy) is 2. The molecule has 5 aromatic carbocycles. The molecule has 7 rings (SSSR count). The van der Waals surface area contributed by atoms with E-state index in [9.17, 15) is 14.4 Å². The number of hydrogen-bond donors (Lipinski definition) is 2. The Morgan fingerprint density at radius 3 is 1.78 bits per heavy atom. The van der Waals surface area contributed by atoms with Crippen molar-refractivity contribution in [2.24, 2.45) is 0 Å². The van der Waals surface area contributed by atoms with Crippen molar-refractivity contribution in [3.63, 3.8) is 0 Å². The molecule has 0 saturated carbocycles. The highest BCUT2D eigenvalue weighted by Crippen LogP contribution is 2.42. The molecule has 1 aliphatic heterocycles. The summed E-state index contributed by atoms with van der Waals surface area (Å²) in [6.07, 6.45) is 2.17. The third-order valence-corrected chi connectivity index (χ3v) is 9.33. The number of piperidine rings is 1. The number of hydrogen-bond acceptors (Lipinski definition) is 8. The Labute approximate surface area is 293 Å². The second-order valence-electron chi connectivity index (χ2n) is 11.7. The number of fused-ring (bicyclic) bond motifs is 1. The molecule has 0 radical (unpaired) electrons. The van der Waals surface area contributed by atoms with E-state index in [0.717, 1.165) is 46.5 Å². The van der Waals surface area contributed by atoms with Crippen LogP contribution in [0.1, 0.15) is 35.2 Å². The van der Waals surface area contributed by atoms with Gasteiger partial charge in [0.1, 0.15) is 17.2 Å². The van der Waals surface area contributed by atoms with Gasteiger partial charge in [-0.2, -0.15) is 0 Å². The van der Waals surface area contributed by atoms with Crippen molar-refractivity contribution in [1.29, 1.82) is 0 Å². The SMILES string of the molecule is O=C(Nc1ccccc1)Oc1ccc(-c2sc3cc(OC(=O)Nc4ccccc4)ccc3c2C(=O)c2ccc(ON3CCCCC3)cc2)cc1. The van der Waals surface area contributed by atoms with E-state index >= 15 is 0 Å². The smallest absolute Gasteiger partial charge is 0.410 e. The van der Waals surface area contributed by atoms with E-state index in [-0.39, 0.29) is 5.78 Å². The van der Waals surface area contributed by atoms with Gasteiger partial charge in [-0.05, 0) is 109 Å². The first-order valence-electron chi connectivity index (χ1n) is 16.3. The summed E-state index contributed by atoms with van der Waals surface area (Å²) in [4.78, 5) is 46.1. The van der Waals surface area contributed by atoms with E-state index < -0.39 is 12.2 Å². The fourth-order valence-corrected chi connectivity index (χ4v) is 6.94. The van der Waals surface area contributed by atoms with Crippen molar-refractivity contribution in [2.75, 3.05) is 23.7 Å². The molecule has 0 spiro atoms. The number of nitrogens with one attached hydrogen (secondary N) is 2. The Hall–Kier alpha value is -5.97. The minimum absolute atomic E-state index is 0.158. The molecule has 2 heterocycles. The van der Waals surface area contributed by atoms with Crippen LogP contribution in [0, 0.1) is 0 Å². The van der Waals surface area contributed by atoms with Crippen LogP contribution in [0.2, 0.25) is 0 Å². The Morgan fingerprint density at radius 1 is 0.600 bits per heavy atom. The molecule has 0 atom stereocenters. The molecule has 1 aromatic heterocycles. The maximum atomic E-state index is 14.3. The van der Waals surface area contributed by atoms with Crippen molar-refractivity contribution in [1.82, 2.24) is 5.06 Å². The number of para-hydroxylation sites is 2. The normalized spacial score (nSPS) is 13.0. The predicted molar refractivity (Wildman–Crippen MR) is 195 cm³/mol. The first-order valence-corrected chi connectivity index (χ1v) is 17.1. The minimum Gasteiger partial charge on any atom is -0.410 e. The van der Waals surface area contributed by atoms with Gasteiger partial charge in [0.05, 0.1) is 0 Å². The van der Waals surface area contributed by atoms with Gasteiger partial charge in [0.25, 0.3) is 0 Å². The fraction of sp³-hybridized carbons (Fsp3) is 0.125. The van der Waals surface area contributed by atoms with Gasteiger partial charge in [0, 0.05) is 50.6 Å². The van der Waals surface area contributed by atoms with Crippen molar-refractivity contribution in [3.8, 4) is 27.7 Å². The van der Waals surface area contributed by atoms with E-state index in [1.54, 1.807) is 66.7 Å². The number of benzene rings is 5. The number of nitrogens with zero attached hydrogens (tertiary/aromatic N) is 1. The van der Waals surface area contributed by atoms with E-state index in [1.807, 2.05) is 65.7 Å². The molecule has 10 heteroatoms. The summed E-state index contributed by atoms with van der Waals surface area (Å²) in [6.45, 7) is 1.76. The highest BCUT2D eigenvalue weighted by atomic mass is 32.1. The van der Waals surface area contributed by atoms with Gasteiger partial charge in [0.15, 0.2) is 5.78 Å². The zero-order chi connectivity index (χ0) is 34.3. The molecular formula is C40H33N3O6S. The summed E-state index contributed by atoms with van der Waals surface area (Å²) in [5.74, 6) is 1.21. The molecule has 6 aromatic rings. The second-order valence-corrected chi connectivity index (χ2v) is 12.7. The average molecular weight is 684 g/mol. The molecule has 0 aliphatic carbocycles. The standard InChI is InChI=1S/C40H33N3O6S/c44-37(27-14-20-32(21-15-27)49-43-24-8-3-9-25-43)36-34-23-22-33(48-40(46)42-30-12-6-2-7-13-30)26-35(34)50-38(36)28-16-18-31(19-17-28)47-39(45)41-29-10-4-1-5-11-29/h1-2,4-7,10-23,26H,3,8-9,24-25H2,(H,41,45)(H,42,46). The quantitative estimate of drug-likeness (QED) is 0.146. The van der Waals surface area contributed by atoms with Crippen LogP contribution in [-0.4, -0.2) is 36.1 Å². The zero-order valence-corrected chi connectivity index (χ0v) is 27.8. The van der Waals surface area contributed by atoms with Crippen LogP contribution in [0.5, 0.6) is 17.2 Å². The Balaban J connectivity index is 1.16. The van der Waals surface area contributed by atoms with Crippen LogP contribution >= 0.6 is 11.3 Å². The van der Waals surface area contributed by atoms with Crippen LogP contribution < -0.4 is 24.9 Å². The first-order chi connectivity index (χ1) is 24.5. The molecule has 1 aliphatic rings. The van der Waals surface area contributed by atoms with Crippen molar-refractivity contribution in [2.45, 2.75) is 19.3 Å². The lowest BCUT2D eigenvalue weighted by atomic mass is 9.97. The molecule has 9 nitrogen and oxygen atoms in total. The minimum atomic E-state index is -0.623. The van der Waals surface area contributed by atoms with Gasteiger partial charge in [0.2, 0.25) is 0 Å². The maximum absolute atomic E-state index is 14.3. The Kier molecular flexibility index (Phi) is 9.81.